The van der Waals surface area contributed by atoms with E-state index < -0.39 is 0 Å². The van der Waals surface area contributed by atoms with Gasteiger partial charge in [0.25, 0.3) is 0 Å². The smallest absolute Gasteiger partial charge is 0.000616 e. The molecule has 0 unspecified atom stereocenters. The Morgan fingerprint density at radius 3 is 1.67 bits per heavy atom. The van der Waals surface area contributed by atoms with Gasteiger partial charge in [0.05, 0.1) is 0 Å². The second-order valence-electron chi connectivity index (χ2n) is 5.22. The molecule has 0 aliphatic heterocycles. The third kappa shape index (κ3) is 0.654. The van der Waals surface area contributed by atoms with Gasteiger partial charge in [-0.15, -0.1) is 0 Å². The van der Waals surface area contributed by atoms with Crippen LogP contribution in [-0.4, -0.2) is 0 Å². The largest absolute Gasteiger partial charge is 0.0995 e. The summed E-state index contributed by atoms with van der Waals surface area (Å²) in [6.45, 7) is 18.1. The van der Waals surface area contributed by atoms with Gasteiger partial charge in [-0.1, -0.05) is 46.8 Å². The molecule has 1 rings (SSSR count). The first-order valence-electron chi connectivity index (χ1n) is 4.91. The van der Waals surface area contributed by atoms with Gasteiger partial charge in [-0.05, 0) is 29.6 Å². The Balaban J connectivity index is 3.07. The molecule has 0 spiro atoms. The molecular weight excluding hydrogens is 144 g/mol. The molecule has 2 atom stereocenters. The minimum atomic E-state index is 0.356. The zero-order chi connectivity index (χ0) is 9.78. The van der Waals surface area contributed by atoms with Crippen molar-refractivity contribution in [2.75, 3.05) is 0 Å². The summed E-state index contributed by atoms with van der Waals surface area (Å²) in [7, 11) is 0. The van der Waals surface area contributed by atoms with Crippen LogP contribution in [0.1, 0.15) is 48.0 Å². The number of hydrogen-bond donors (Lipinski definition) is 0. The number of hydrogen-bond acceptors (Lipinski definition) is 0. The average Bonchev–Trinajstić information content (AvgIpc) is 2.32. The minimum absolute atomic E-state index is 0.356. The van der Waals surface area contributed by atoms with Crippen molar-refractivity contribution in [3.05, 3.63) is 12.2 Å². The van der Waals surface area contributed by atoms with Crippen LogP contribution in [0.2, 0.25) is 0 Å². The van der Waals surface area contributed by atoms with Crippen molar-refractivity contribution in [3.8, 4) is 0 Å². The summed E-state index contributed by atoms with van der Waals surface area (Å²) < 4.78 is 0. The van der Waals surface area contributed by atoms with E-state index in [4.69, 9.17) is 0 Å². The standard InChI is InChI=1S/C12H22/c1-8-11(6)10(4,5)12(11,7)9(2)3/h2,8H2,1,3-7H3/t11-,12-/m1/s1. The molecule has 70 valence electrons. The van der Waals surface area contributed by atoms with Crippen LogP contribution in [0, 0.1) is 16.2 Å². The predicted molar refractivity (Wildman–Crippen MR) is 55.1 cm³/mol. The summed E-state index contributed by atoms with van der Waals surface area (Å²) in [5.74, 6) is 0. The molecule has 1 aliphatic carbocycles. The monoisotopic (exact) mass is 166 g/mol. The SMILES string of the molecule is C=C(C)[C@]1(C)C(C)(C)[C@@]1(C)CC. The molecule has 1 fully saturated rings. The maximum Gasteiger partial charge on any atom is -0.000616 e. The summed E-state index contributed by atoms with van der Waals surface area (Å²) >= 11 is 0. The van der Waals surface area contributed by atoms with E-state index in [1.807, 2.05) is 0 Å². The molecule has 12 heavy (non-hydrogen) atoms. The maximum absolute atomic E-state index is 4.13. The van der Waals surface area contributed by atoms with Crippen LogP contribution in [0.4, 0.5) is 0 Å². The van der Waals surface area contributed by atoms with Crippen molar-refractivity contribution in [2.45, 2.75) is 48.0 Å². The highest BCUT2D eigenvalue weighted by Gasteiger charge is 2.75. The van der Waals surface area contributed by atoms with E-state index in [0.29, 0.717) is 16.2 Å². The van der Waals surface area contributed by atoms with Crippen LogP contribution < -0.4 is 0 Å². The third-order valence-electron chi connectivity index (χ3n) is 5.23. The summed E-state index contributed by atoms with van der Waals surface area (Å²) in [5, 5.41) is 0. The fraction of sp³-hybridized carbons (Fsp3) is 0.833. The Labute approximate surface area is 77.1 Å². The summed E-state index contributed by atoms with van der Waals surface area (Å²) in [4.78, 5) is 0. The number of allylic oxidation sites excluding steroid dienone is 1. The molecule has 1 aliphatic rings. The van der Waals surface area contributed by atoms with Gasteiger partial charge >= 0.3 is 0 Å². The quantitative estimate of drug-likeness (QED) is 0.543. The van der Waals surface area contributed by atoms with Crippen molar-refractivity contribution < 1.29 is 0 Å². The summed E-state index contributed by atoms with van der Waals surface area (Å²) in [6, 6.07) is 0. The van der Waals surface area contributed by atoms with Gasteiger partial charge in [-0.3, -0.25) is 0 Å². The van der Waals surface area contributed by atoms with Crippen LogP contribution in [-0.2, 0) is 0 Å². The molecule has 0 amide bonds. The van der Waals surface area contributed by atoms with Crippen molar-refractivity contribution in [2.24, 2.45) is 16.2 Å². The second kappa shape index (κ2) is 2.16. The average molecular weight is 166 g/mol. The van der Waals surface area contributed by atoms with Gasteiger partial charge in [-0.25, -0.2) is 0 Å². The molecule has 1 saturated carbocycles. The molecule has 0 saturated heterocycles. The highest BCUT2D eigenvalue weighted by Crippen LogP contribution is 2.81. The van der Waals surface area contributed by atoms with E-state index in [0.717, 1.165) is 0 Å². The Morgan fingerprint density at radius 2 is 1.58 bits per heavy atom. The molecule has 0 nitrogen and oxygen atoms in total. The molecular formula is C12H22. The van der Waals surface area contributed by atoms with Crippen molar-refractivity contribution >= 4 is 0 Å². The van der Waals surface area contributed by atoms with E-state index in [1.165, 1.54) is 12.0 Å². The molecule has 0 heterocycles. The topological polar surface area (TPSA) is 0 Å². The lowest BCUT2D eigenvalue weighted by Gasteiger charge is -2.16. The van der Waals surface area contributed by atoms with Crippen LogP contribution in [0.25, 0.3) is 0 Å². The van der Waals surface area contributed by atoms with E-state index in [9.17, 15) is 0 Å². The molecule has 0 aromatic rings. The van der Waals surface area contributed by atoms with Crippen molar-refractivity contribution in [3.63, 3.8) is 0 Å². The fourth-order valence-corrected chi connectivity index (χ4v) is 3.25. The molecule has 0 aromatic carbocycles. The zero-order valence-electron chi connectivity index (χ0n) is 9.41. The van der Waals surface area contributed by atoms with Gasteiger partial charge in [0.1, 0.15) is 0 Å². The molecule has 0 radical (unpaired) electrons. The Morgan fingerprint density at radius 1 is 1.17 bits per heavy atom. The molecule has 0 aromatic heterocycles. The zero-order valence-corrected chi connectivity index (χ0v) is 9.41. The maximum atomic E-state index is 4.13. The van der Waals surface area contributed by atoms with Gasteiger partial charge in [0.2, 0.25) is 0 Å². The lowest BCUT2D eigenvalue weighted by molar-refractivity contribution is 0.398. The minimum Gasteiger partial charge on any atom is -0.0995 e. The Kier molecular flexibility index (Phi) is 1.77. The lowest BCUT2D eigenvalue weighted by atomic mass is 9.88. The predicted octanol–water partition coefficient (Wildman–Crippen LogP) is 4.02. The fourth-order valence-electron chi connectivity index (χ4n) is 3.25. The second-order valence-corrected chi connectivity index (χ2v) is 5.22. The van der Waals surface area contributed by atoms with E-state index in [2.05, 4.69) is 48.1 Å². The first kappa shape index (κ1) is 9.83. The molecule has 0 heteroatoms. The Bertz CT molecular complexity index is 224. The van der Waals surface area contributed by atoms with Gasteiger partial charge in [0.15, 0.2) is 0 Å². The van der Waals surface area contributed by atoms with Crippen molar-refractivity contribution in [1.82, 2.24) is 0 Å². The molecule has 0 bridgehead atoms. The van der Waals surface area contributed by atoms with E-state index in [1.54, 1.807) is 0 Å². The highest BCUT2D eigenvalue weighted by molar-refractivity contribution is 5.34. The summed E-state index contributed by atoms with van der Waals surface area (Å²) in [6.07, 6.45) is 1.25. The van der Waals surface area contributed by atoms with Gasteiger partial charge in [0, 0.05) is 0 Å². The lowest BCUT2D eigenvalue weighted by Crippen LogP contribution is -2.07. The van der Waals surface area contributed by atoms with Gasteiger partial charge in [-0.2, -0.15) is 0 Å². The van der Waals surface area contributed by atoms with E-state index in [-0.39, 0.29) is 0 Å². The number of rotatable bonds is 2. The van der Waals surface area contributed by atoms with Crippen LogP contribution in [0.3, 0.4) is 0 Å². The van der Waals surface area contributed by atoms with Crippen LogP contribution in [0.5, 0.6) is 0 Å². The van der Waals surface area contributed by atoms with E-state index >= 15 is 0 Å². The summed E-state index contributed by atoms with van der Waals surface area (Å²) in [5.41, 5.74) is 2.60. The first-order chi connectivity index (χ1) is 5.25. The molecule has 0 N–H and O–H groups in total. The van der Waals surface area contributed by atoms with Crippen molar-refractivity contribution in [1.29, 1.82) is 0 Å². The van der Waals surface area contributed by atoms with Gasteiger partial charge < -0.3 is 0 Å². The normalized spacial score (nSPS) is 44.2. The highest BCUT2D eigenvalue weighted by atomic mass is 14.8. The third-order valence-corrected chi connectivity index (χ3v) is 5.23. The Hall–Kier alpha value is -0.260. The first-order valence-corrected chi connectivity index (χ1v) is 4.91. The van der Waals surface area contributed by atoms with Crippen LogP contribution in [0.15, 0.2) is 12.2 Å². The van der Waals surface area contributed by atoms with Crippen LogP contribution >= 0.6 is 0 Å².